The second kappa shape index (κ2) is 9.08. The first-order valence-electron chi connectivity index (χ1n) is 10.8. The predicted molar refractivity (Wildman–Crippen MR) is 122 cm³/mol. The molecule has 7 nitrogen and oxygen atoms in total. The maximum atomic E-state index is 14.5. The fourth-order valence-electron chi connectivity index (χ4n) is 4.36. The largest absolute Gasteiger partial charge is 0.367 e. The molecule has 0 aromatic heterocycles. The summed E-state index contributed by atoms with van der Waals surface area (Å²) in [6.45, 7) is 5.91. The van der Waals surface area contributed by atoms with Crippen LogP contribution in [0, 0.1) is 5.82 Å². The van der Waals surface area contributed by atoms with Gasteiger partial charge in [0, 0.05) is 44.2 Å². The second-order valence-electron chi connectivity index (χ2n) is 8.37. The fourth-order valence-corrected chi connectivity index (χ4v) is 4.36. The van der Waals surface area contributed by atoms with E-state index in [4.69, 9.17) is 0 Å². The number of para-hydroxylation sites is 2. The normalized spacial score (nSPS) is 19.2. The number of nitrogens with zero attached hydrogens (tertiary/aromatic N) is 3. The Hall–Kier alpha value is -3.26. The molecule has 4 rings (SSSR count). The minimum Gasteiger partial charge on any atom is -0.367 e. The Kier molecular flexibility index (Phi) is 6.23. The number of piperazine rings is 1. The third-order valence-corrected chi connectivity index (χ3v) is 6.05. The van der Waals surface area contributed by atoms with Crippen molar-refractivity contribution in [3.8, 4) is 0 Å². The van der Waals surface area contributed by atoms with Gasteiger partial charge in [-0.1, -0.05) is 12.1 Å². The Bertz CT molecular complexity index is 1050. The van der Waals surface area contributed by atoms with E-state index in [1.165, 1.54) is 13.0 Å². The van der Waals surface area contributed by atoms with Crippen molar-refractivity contribution in [3.05, 3.63) is 53.8 Å². The number of amides is 2. The van der Waals surface area contributed by atoms with Gasteiger partial charge in [0.25, 0.3) is 0 Å². The summed E-state index contributed by atoms with van der Waals surface area (Å²) in [5.74, 6) is -0.743. The van der Waals surface area contributed by atoms with Crippen LogP contribution in [0.3, 0.4) is 0 Å². The van der Waals surface area contributed by atoms with Gasteiger partial charge in [0.1, 0.15) is 5.82 Å². The van der Waals surface area contributed by atoms with Crippen LogP contribution >= 0.6 is 0 Å². The van der Waals surface area contributed by atoms with Gasteiger partial charge >= 0.3 is 0 Å². The summed E-state index contributed by atoms with van der Waals surface area (Å²) in [6.07, 6.45) is 0.240. The van der Waals surface area contributed by atoms with Crippen LogP contribution in [0.15, 0.2) is 42.5 Å². The molecule has 1 atom stereocenters. The van der Waals surface area contributed by atoms with E-state index in [2.05, 4.69) is 10.2 Å². The molecule has 2 aliphatic heterocycles. The lowest BCUT2D eigenvalue weighted by Gasteiger charge is -2.37. The Morgan fingerprint density at radius 3 is 2.47 bits per heavy atom. The molecule has 2 heterocycles. The summed E-state index contributed by atoms with van der Waals surface area (Å²) in [7, 11) is 0. The lowest BCUT2D eigenvalue weighted by atomic mass is 10.1. The zero-order chi connectivity index (χ0) is 22.8. The van der Waals surface area contributed by atoms with E-state index >= 15 is 0 Å². The van der Waals surface area contributed by atoms with Crippen molar-refractivity contribution >= 4 is 34.7 Å². The topological polar surface area (TPSA) is 73.0 Å². The van der Waals surface area contributed by atoms with Crippen LogP contribution in [0.2, 0.25) is 0 Å². The lowest BCUT2D eigenvalue weighted by Crippen LogP contribution is -2.51. The van der Waals surface area contributed by atoms with E-state index in [9.17, 15) is 18.8 Å². The fraction of sp³-hybridized carbons (Fsp3) is 0.375. The van der Waals surface area contributed by atoms with Crippen LogP contribution in [-0.4, -0.2) is 61.3 Å². The van der Waals surface area contributed by atoms with Crippen molar-refractivity contribution in [2.24, 2.45) is 0 Å². The van der Waals surface area contributed by atoms with Gasteiger partial charge in [-0.05, 0) is 44.2 Å². The Morgan fingerprint density at radius 1 is 1.06 bits per heavy atom. The molecule has 2 aromatic carbocycles. The number of fused-ring (bicyclic) bond motifs is 1. The number of anilines is 3. The number of carbonyl (C=O) groups is 3. The third kappa shape index (κ3) is 4.50. The van der Waals surface area contributed by atoms with Crippen LogP contribution in [-0.2, 0) is 9.59 Å². The number of hydrogen-bond acceptors (Lipinski definition) is 5. The van der Waals surface area contributed by atoms with E-state index < -0.39 is 5.82 Å². The molecule has 2 aromatic rings. The summed E-state index contributed by atoms with van der Waals surface area (Å²) in [5, 5.41) is 2.87. The average Bonchev–Trinajstić information content (AvgIpc) is 2.88. The molecule has 168 valence electrons. The summed E-state index contributed by atoms with van der Waals surface area (Å²) >= 11 is 0. The van der Waals surface area contributed by atoms with Crippen LogP contribution < -0.4 is 15.1 Å². The molecule has 0 unspecified atom stereocenters. The number of nitrogens with one attached hydrogen (secondary N) is 1. The van der Waals surface area contributed by atoms with Crippen molar-refractivity contribution in [2.45, 2.75) is 26.3 Å². The van der Waals surface area contributed by atoms with Crippen LogP contribution in [0.25, 0.3) is 0 Å². The SMILES string of the molecule is CC(=O)c1ccc(N2CCN(CC(=O)N3c4ccccc4NC(=O)C[C@H]3C)CC2)c(F)c1. The molecular formula is C24H27FN4O3. The number of carbonyl (C=O) groups excluding carboxylic acids is 3. The smallest absolute Gasteiger partial charge is 0.241 e. The van der Waals surface area contributed by atoms with E-state index in [0.717, 1.165) is 0 Å². The predicted octanol–water partition coefficient (Wildman–Crippen LogP) is 2.91. The summed E-state index contributed by atoms with van der Waals surface area (Å²) in [6, 6.07) is 11.7. The first-order valence-corrected chi connectivity index (χ1v) is 10.8. The number of ketones is 1. The van der Waals surface area contributed by atoms with Gasteiger partial charge in [-0.3, -0.25) is 19.3 Å². The highest BCUT2D eigenvalue weighted by atomic mass is 19.1. The van der Waals surface area contributed by atoms with Crippen LogP contribution in [0.1, 0.15) is 30.6 Å². The maximum Gasteiger partial charge on any atom is 0.241 e. The van der Waals surface area contributed by atoms with Crippen molar-refractivity contribution in [1.29, 1.82) is 0 Å². The molecule has 2 amide bonds. The second-order valence-corrected chi connectivity index (χ2v) is 8.37. The Morgan fingerprint density at radius 2 is 1.78 bits per heavy atom. The minimum atomic E-state index is -0.408. The van der Waals surface area contributed by atoms with Crippen LogP contribution in [0.4, 0.5) is 21.5 Å². The number of hydrogen-bond donors (Lipinski definition) is 1. The molecule has 0 radical (unpaired) electrons. The summed E-state index contributed by atoms with van der Waals surface area (Å²) in [5.41, 5.74) is 2.18. The van der Waals surface area contributed by atoms with Crippen molar-refractivity contribution in [1.82, 2.24) is 4.90 Å². The number of Topliss-reactive ketones (excluding diaryl/α,β-unsaturated/α-hetero) is 1. The zero-order valence-corrected chi connectivity index (χ0v) is 18.3. The lowest BCUT2D eigenvalue weighted by molar-refractivity contribution is -0.120. The average molecular weight is 439 g/mol. The quantitative estimate of drug-likeness (QED) is 0.744. The molecule has 32 heavy (non-hydrogen) atoms. The highest BCUT2D eigenvalue weighted by Crippen LogP contribution is 2.31. The Labute approximate surface area is 186 Å². The van der Waals surface area contributed by atoms with E-state index in [-0.39, 0.29) is 36.6 Å². The molecule has 0 saturated carbocycles. The van der Waals surface area contributed by atoms with Gasteiger partial charge in [0.05, 0.1) is 23.6 Å². The number of benzene rings is 2. The highest BCUT2D eigenvalue weighted by Gasteiger charge is 2.31. The van der Waals surface area contributed by atoms with Gasteiger partial charge in [0.15, 0.2) is 5.78 Å². The van der Waals surface area contributed by atoms with E-state index in [1.54, 1.807) is 23.1 Å². The van der Waals surface area contributed by atoms with Crippen molar-refractivity contribution < 1.29 is 18.8 Å². The number of rotatable bonds is 4. The van der Waals surface area contributed by atoms with Gasteiger partial charge in [-0.25, -0.2) is 4.39 Å². The molecular weight excluding hydrogens is 411 g/mol. The zero-order valence-electron chi connectivity index (χ0n) is 18.3. The van der Waals surface area contributed by atoms with E-state index in [1.807, 2.05) is 30.0 Å². The van der Waals surface area contributed by atoms with E-state index in [0.29, 0.717) is 48.8 Å². The summed E-state index contributed by atoms with van der Waals surface area (Å²) < 4.78 is 14.5. The first kappa shape index (κ1) is 22.0. The number of halogens is 1. The van der Waals surface area contributed by atoms with Crippen molar-refractivity contribution in [2.75, 3.05) is 47.8 Å². The Balaban J connectivity index is 1.42. The molecule has 1 fully saturated rings. The van der Waals surface area contributed by atoms with Gasteiger partial charge in [-0.2, -0.15) is 0 Å². The third-order valence-electron chi connectivity index (χ3n) is 6.05. The summed E-state index contributed by atoms with van der Waals surface area (Å²) in [4.78, 5) is 42.6. The molecule has 8 heteroatoms. The molecule has 1 N–H and O–H groups in total. The molecule has 2 aliphatic rings. The monoisotopic (exact) mass is 438 g/mol. The first-order chi connectivity index (χ1) is 15.3. The van der Waals surface area contributed by atoms with Gasteiger partial charge in [-0.15, -0.1) is 0 Å². The standard InChI is InChI=1S/C24H27FN4O3/c1-16-13-23(31)26-20-5-3-4-6-22(20)29(16)24(32)15-27-9-11-28(12-10-27)21-8-7-18(17(2)30)14-19(21)25/h3-8,14,16H,9-13,15H2,1-2H3,(H,26,31)/t16-/m1/s1. The van der Waals surface area contributed by atoms with Gasteiger partial charge in [0.2, 0.25) is 11.8 Å². The minimum absolute atomic E-state index is 0.0631. The molecule has 1 saturated heterocycles. The highest BCUT2D eigenvalue weighted by molar-refractivity contribution is 6.05. The molecule has 0 aliphatic carbocycles. The van der Waals surface area contributed by atoms with Gasteiger partial charge < -0.3 is 15.1 Å². The van der Waals surface area contributed by atoms with Crippen LogP contribution in [0.5, 0.6) is 0 Å². The maximum absolute atomic E-state index is 14.5. The van der Waals surface area contributed by atoms with Crippen molar-refractivity contribution in [3.63, 3.8) is 0 Å². The molecule has 0 spiro atoms. The molecule has 0 bridgehead atoms.